The molecule has 0 saturated heterocycles. The normalized spacial score (nSPS) is 12.7. The van der Waals surface area contributed by atoms with Gasteiger partial charge in [0.1, 0.15) is 0 Å². The predicted octanol–water partition coefficient (Wildman–Crippen LogP) is 5.25. The van der Waals surface area contributed by atoms with Gasteiger partial charge in [-0.15, -0.1) is 11.3 Å². The first kappa shape index (κ1) is 15.3. The zero-order valence-electron chi connectivity index (χ0n) is 11.5. The van der Waals surface area contributed by atoms with Crippen molar-refractivity contribution in [3.63, 3.8) is 0 Å². The van der Waals surface area contributed by atoms with E-state index < -0.39 is 5.76 Å². The van der Waals surface area contributed by atoms with Gasteiger partial charge in [0.05, 0.1) is 16.7 Å². The molecule has 1 unspecified atom stereocenters. The maximum absolute atomic E-state index is 12.2. The molecule has 1 aromatic heterocycles. The number of nitrogens with one attached hydrogen (secondary N) is 1. The number of nitrogens with zero attached hydrogens (tertiary/aromatic N) is 1. The Morgan fingerprint density at radius 3 is 2.35 bits per heavy atom. The molecule has 1 heterocycles. The molecular formula is C14H16F2N2S2. The quantitative estimate of drug-likeness (QED) is 0.763. The number of anilines is 1. The summed E-state index contributed by atoms with van der Waals surface area (Å²) in [4.78, 5) is 6.29. The molecule has 108 valence electrons. The van der Waals surface area contributed by atoms with E-state index in [2.05, 4.69) is 17.2 Å². The molecule has 0 amide bonds. The minimum atomic E-state index is -2.38. The highest BCUT2D eigenvalue weighted by Crippen LogP contribution is 2.28. The summed E-state index contributed by atoms with van der Waals surface area (Å²) in [5, 5.41) is 4.39. The van der Waals surface area contributed by atoms with E-state index >= 15 is 0 Å². The topological polar surface area (TPSA) is 24.9 Å². The Morgan fingerprint density at radius 1 is 1.20 bits per heavy atom. The highest BCUT2D eigenvalue weighted by atomic mass is 32.2. The number of aromatic nitrogens is 1. The summed E-state index contributed by atoms with van der Waals surface area (Å²) in [5.74, 6) is -2.38. The van der Waals surface area contributed by atoms with Crippen LogP contribution in [0.2, 0.25) is 0 Å². The number of thioether (sulfide) groups is 1. The molecule has 2 rings (SSSR count). The van der Waals surface area contributed by atoms with Crippen molar-refractivity contribution < 1.29 is 8.78 Å². The van der Waals surface area contributed by atoms with Gasteiger partial charge >= 0.3 is 0 Å². The van der Waals surface area contributed by atoms with E-state index in [1.54, 1.807) is 23.5 Å². The first-order valence-corrected chi connectivity index (χ1v) is 7.90. The summed E-state index contributed by atoms with van der Waals surface area (Å²) >= 11 is 2.24. The SMILES string of the molecule is Cc1nc(C(C)Nc2ccc(SC(F)F)cc2)c(C)s1. The van der Waals surface area contributed by atoms with Crippen molar-refractivity contribution in [2.45, 2.75) is 37.5 Å². The second-order valence-corrected chi connectivity index (χ2v) is 6.91. The van der Waals surface area contributed by atoms with Gasteiger partial charge in [-0.1, -0.05) is 11.8 Å². The van der Waals surface area contributed by atoms with E-state index in [0.29, 0.717) is 16.7 Å². The summed E-state index contributed by atoms with van der Waals surface area (Å²) in [6.07, 6.45) is 0. The average Bonchev–Trinajstić information content (AvgIpc) is 2.70. The third kappa shape index (κ3) is 3.93. The molecule has 1 N–H and O–H groups in total. The minimum Gasteiger partial charge on any atom is -0.377 e. The first-order valence-electron chi connectivity index (χ1n) is 6.21. The summed E-state index contributed by atoms with van der Waals surface area (Å²) in [5.41, 5.74) is 1.94. The van der Waals surface area contributed by atoms with E-state index in [9.17, 15) is 8.78 Å². The van der Waals surface area contributed by atoms with Gasteiger partial charge in [0.15, 0.2) is 0 Å². The number of halogens is 2. The minimum absolute atomic E-state index is 0.0913. The Bertz CT molecular complexity index is 567. The zero-order chi connectivity index (χ0) is 14.7. The van der Waals surface area contributed by atoms with Crippen LogP contribution in [0.15, 0.2) is 29.2 Å². The van der Waals surface area contributed by atoms with Gasteiger partial charge in [0.25, 0.3) is 5.76 Å². The molecule has 0 bridgehead atoms. The van der Waals surface area contributed by atoms with Crippen LogP contribution >= 0.6 is 23.1 Å². The largest absolute Gasteiger partial charge is 0.377 e. The molecule has 2 aromatic rings. The van der Waals surface area contributed by atoms with Crippen LogP contribution in [0.25, 0.3) is 0 Å². The molecule has 0 aliphatic heterocycles. The molecule has 0 saturated carbocycles. The van der Waals surface area contributed by atoms with Crippen molar-refractivity contribution >= 4 is 28.8 Å². The fourth-order valence-electron chi connectivity index (χ4n) is 2.00. The van der Waals surface area contributed by atoms with E-state index in [-0.39, 0.29) is 6.04 Å². The van der Waals surface area contributed by atoms with Gasteiger partial charge < -0.3 is 5.32 Å². The molecule has 6 heteroatoms. The van der Waals surface area contributed by atoms with Gasteiger partial charge in [0.2, 0.25) is 0 Å². The number of hydrogen-bond acceptors (Lipinski definition) is 4. The predicted molar refractivity (Wildman–Crippen MR) is 81.9 cm³/mol. The Balaban J connectivity index is 2.04. The van der Waals surface area contributed by atoms with E-state index in [4.69, 9.17) is 0 Å². The van der Waals surface area contributed by atoms with Crippen LogP contribution in [-0.4, -0.2) is 10.7 Å². The maximum atomic E-state index is 12.2. The molecule has 2 nitrogen and oxygen atoms in total. The number of alkyl halides is 2. The zero-order valence-corrected chi connectivity index (χ0v) is 13.1. The molecule has 0 aliphatic rings. The van der Waals surface area contributed by atoms with Gasteiger partial charge in [-0.3, -0.25) is 0 Å². The molecule has 0 fully saturated rings. The van der Waals surface area contributed by atoms with Gasteiger partial charge in [0, 0.05) is 15.5 Å². The molecule has 20 heavy (non-hydrogen) atoms. The molecule has 1 aromatic carbocycles. The van der Waals surface area contributed by atoms with Crippen molar-refractivity contribution in [1.82, 2.24) is 4.98 Å². The monoisotopic (exact) mass is 314 g/mol. The second kappa shape index (κ2) is 6.54. The Hall–Kier alpha value is -1.14. The number of thiazole rings is 1. The summed E-state index contributed by atoms with van der Waals surface area (Å²) < 4.78 is 24.5. The molecular weight excluding hydrogens is 298 g/mol. The van der Waals surface area contributed by atoms with Crippen molar-refractivity contribution in [3.05, 3.63) is 39.8 Å². The van der Waals surface area contributed by atoms with Crippen LogP contribution in [0.3, 0.4) is 0 Å². The van der Waals surface area contributed by atoms with Crippen molar-refractivity contribution in [1.29, 1.82) is 0 Å². The summed E-state index contributed by atoms with van der Waals surface area (Å²) in [7, 11) is 0. The second-order valence-electron chi connectivity index (χ2n) is 4.44. The van der Waals surface area contributed by atoms with Crippen molar-refractivity contribution in [3.8, 4) is 0 Å². The lowest BCUT2D eigenvalue weighted by molar-refractivity contribution is 0.252. The third-order valence-corrected chi connectivity index (χ3v) is 4.44. The standard InChI is InChI=1S/C14H16F2N2S2/c1-8(13-9(2)19-10(3)18-13)17-11-4-6-12(7-5-11)20-14(15)16/h4-8,14,17H,1-3H3. The Morgan fingerprint density at radius 2 is 1.85 bits per heavy atom. The van der Waals surface area contributed by atoms with E-state index in [1.165, 1.54) is 4.88 Å². The number of hydrogen-bond donors (Lipinski definition) is 1. The lowest BCUT2D eigenvalue weighted by Crippen LogP contribution is -2.08. The van der Waals surface area contributed by atoms with Gasteiger partial charge in [-0.2, -0.15) is 8.78 Å². The average molecular weight is 314 g/mol. The van der Waals surface area contributed by atoms with E-state index in [1.807, 2.05) is 26.0 Å². The van der Waals surface area contributed by atoms with Crippen LogP contribution in [0.5, 0.6) is 0 Å². The molecule has 0 aliphatic carbocycles. The third-order valence-electron chi connectivity index (χ3n) is 2.81. The van der Waals surface area contributed by atoms with Crippen LogP contribution in [0, 0.1) is 13.8 Å². The lowest BCUT2D eigenvalue weighted by Gasteiger charge is -2.14. The van der Waals surface area contributed by atoms with Crippen LogP contribution in [0.1, 0.15) is 28.5 Å². The maximum Gasteiger partial charge on any atom is 0.288 e. The van der Waals surface area contributed by atoms with Crippen LogP contribution in [-0.2, 0) is 0 Å². The van der Waals surface area contributed by atoms with Crippen molar-refractivity contribution in [2.24, 2.45) is 0 Å². The number of benzene rings is 1. The molecule has 0 spiro atoms. The fourth-order valence-corrected chi connectivity index (χ4v) is 3.41. The Kier molecular flexibility index (Phi) is 4.99. The highest BCUT2D eigenvalue weighted by Gasteiger charge is 2.13. The lowest BCUT2D eigenvalue weighted by atomic mass is 10.2. The van der Waals surface area contributed by atoms with Crippen molar-refractivity contribution in [2.75, 3.05) is 5.32 Å². The van der Waals surface area contributed by atoms with Gasteiger partial charge in [-0.05, 0) is 45.0 Å². The summed E-state index contributed by atoms with van der Waals surface area (Å²) in [6, 6.07) is 7.12. The number of aryl methyl sites for hydroxylation is 2. The molecule has 1 atom stereocenters. The fraction of sp³-hybridized carbons (Fsp3) is 0.357. The van der Waals surface area contributed by atoms with Crippen LogP contribution < -0.4 is 5.32 Å². The smallest absolute Gasteiger partial charge is 0.288 e. The highest BCUT2D eigenvalue weighted by molar-refractivity contribution is 7.99. The number of rotatable bonds is 5. The molecule has 0 radical (unpaired) electrons. The first-order chi connectivity index (χ1) is 9.45. The Labute approximate surface area is 125 Å². The van der Waals surface area contributed by atoms with Crippen LogP contribution in [0.4, 0.5) is 14.5 Å². The van der Waals surface area contributed by atoms with Gasteiger partial charge in [-0.25, -0.2) is 4.98 Å². The van der Waals surface area contributed by atoms with E-state index in [0.717, 1.165) is 16.4 Å². The summed E-state index contributed by atoms with van der Waals surface area (Å²) in [6.45, 7) is 6.09.